The summed E-state index contributed by atoms with van der Waals surface area (Å²) in [7, 11) is 1.73. The first-order chi connectivity index (χ1) is 13.2. The summed E-state index contributed by atoms with van der Waals surface area (Å²) in [6.07, 6.45) is 6.24. The minimum absolute atomic E-state index is 0.229. The van der Waals surface area contributed by atoms with E-state index in [1.165, 1.54) is 16.7 Å². The lowest BCUT2D eigenvalue weighted by Gasteiger charge is -2.16. The Morgan fingerprint density at radius 1 is 1.04 bits per heavy atom. The van der Waals surface area contributed by atoms with Gasteiger partial charge in [0, 0.05) is 32.1 Å². The van der Waals surface area contributed by atoms with Crippen molar-refractivity contribution in [2.45, 2.75) is 26.4 Å². The minimum Gasteiger partial charge on any atom is -0.370 e. The Hall–Kier alpha value is -2.98. The third kappa shape index (κ3) is 3.36. The molecule has 1 unspecified atom stereocenters. The van der Waals surface area contributed by atoms with Gasteiger partial charge in [-0.25, -0.2) is 4.98 Å². The molecule has 4 heteroatoms. The Bertz CT molecular complexity index is 1070. The predicted octanol–water partition coefficient (Wildman–Crippen LogP) is 4.67. The van der Waals surface area contributed by atoms with Crippen LogP contribution in [0.1, 0.15) is 39.7 Å². The number of rotatable bonds is 5. The molecule has 0 radical (unpaired) electrons. The molecule has 1 atom stereocenters. The normalized spacial score (nSPS) is 12.4. The fourth-order valence-electron chi connectivity index (χ4n) is 3.57. The molecular weight excluding hydrogens is 334 g/mol. The van der Waals surface area contributed by atoms with Gasteiger partial charge in [-0.3, -0.25) is 4.98 Å². The zero-order valence-corrected chi connectivity index (χ0v) is 15.9. The second-order valence-electron chi connectivity index (χ2n) is 6.88. The number of pyridine rings is 2. The molecule has 4 nitrogen and oxygen atoms in total. The van der Waals surface area contributed by atoms with Gasteiger partial charge in [-0.1, -0.05) is 29.8 Å². The standard InChI is InChI=1S/C23H23N3O/c1-16-7-8-17(2)19(14-16)15-20-22(25-21-6-4-5-13-26(20)21)23(27-3)18-9-11-24-12-10-18/h4-14,23H,15H2,1-3H3. The molecular formula is C23H23N3O. The van der Waals surface area contributed by atoms with Gasteiger partial charge in [0.25, 0.3) is 0 Å². The Labute approximate surface area is 159 Å². The maximum atomic E-state index is 5.88. The van der Waals surface area contributed by atoms with Crippen LogP contribution in [-0.2, 0) is 11.2 Å². The average molecular weight is 357 g/mol. The first kappa shape index (κ1) is 17.4. The summed E-state index contributed by atoms with van der Waals surface area (Å²) in [5, 5.41) is 0. The summed E-state index contributed by atoms with van der Waals surface area (Å²) in [6, 6.07) is 16.7. The second kappa shape index (κ2) is 7.33. The summed E-state index contributed by atoms with van der Waals surface area (Å²) < 4.78 is 8.05. The van der Waals surface area contributed by atoms with Gasteiger partial charge in [-0.15, -0.1) is 0 Å². The number of fused-ring (bicyclic) bond motifs is 1. The molecule has 0 bridgehead atoms. The quantitative estimate of drug-likeness (QED) is 0.521. The van der Waals surface area contributed by atoms with Gasteiger partial charge >= 0.3 is 0 Å². The largest absolute Gasteiger partial charge is 0.370 e. The summed E-state index contributed by atoms with van der Waals surface area (Å²) in [4.78, 5) is 9.05. The Morgan fingerprint density at radius 3 is 2.63 bits per heavy atom. The molecule has 0 saturated carbocycles. The highest BCUT2D eigenvalue weighted by Crippen LogP contribution is 2.30. The van der Waals surface area contributed by atoms with Crippen LogP contribution in [0.3, 0.4) is 0 Å². The summed E-state index contributed by atoms with van der Waals surface area (Å²) in [5.41, 5.74) is 7.96. The van der Waals surface area contributed by atoms with E-state index < -0.39 is 0 Å². The Balaban J connectivity index is 1.88. The van der Waals surface area contributed by atoms with Crippen molar-refractivity contribution in [1.82, 2.24) is 14.4 Å². The third-order valence-corrected chi connectivity index (χ3v) is 5.02. The van der Waals surface area contributed by atoms with Crippen LogP contribution in [0.15, 0.2) is 67.1 Å². The van der Waals surface area contributed by atoms with Crippen molar-refractivity contribution in [2.24, 2.45) is 0 Å². The van der Waals surface area contributed by atoms with E-state index >= 15 is 0 Å². The van der Waals surface area contributed by atoms with Gasteiger partial charge in [-0.2, -0.15) is 0 Å². The molecule has 4 rings (SSSR count). The van der Waals surface area contributed by atoms with Crippen molar-refractivity contribution >= 4 is 5.65 Å². The number of ether oxygens (including phenoxy) is 1. The molecule has 0 saturated heterocycles. The highest BCUT2D eigenvalue weighted by molar-refractivity contribution is 5.47. The van der Waals surface area contributed by atoms with Gasteiger partial charge in [0.15, 0.2) is 0 Å². The van der Waals surface area contributed by atoms with Gasteiger partial charge in [0.2, 0.25) is 0 Å². The molecule has 0 fully saturated rings. The van der Waals surface area contributed by atoms with Crippen molar-refractivity contribution in [3.8, 4) is 0 Å². The molecule has 3 heterocycles. The molecule has 136 valence electrons. The van der Waals surface area contributed by atoms with E-state index in [-0.39, 0.29) is 6.10 Å². The van der Waals surface area contributed by atoms with Crippen LogP contribution in [0.5, 0.6) is 0 Å². The lowest BCUT2D eigenvalue weighted by molar-refractivity contribution is 0.132. The number of aromatic nitrogens is 3. The molecule has 0 N–H and O–H groups in total. The molecule has 1 aromatic carbocycles. The molecule has 4 aromatic rings. The molecule has 27 heavy (non-hydrogen) atoms. The summed E-state index contributed by atoms with van der Waals surface area (Å²) >= 11 is 0. The predicted molar refractivity (Wildman–Crippen MR) is 107 cm³/mol. The molecule has 0 aliphatic carbocycles. The van der Waals surface area contributed by atoms with Crippen molar-refractivity contribution in [1.29, 1.82) is 0 Å². The van der Waals surface area contributed by atoms with E-state index in [1.54, 1.807) is 19.5 Å². The first-order valence-electron chi connectivity index (χ1n) is 9.12. The van der Waals surface area contributed by atoms with E-state index in [0.29, 0.717) is 0 Å². The van der Waals surface area contributed by atoms with Crippen LogP contribution in [-0.4, -0.2) is 21.5 Å². The Kier molecular flexibility index (Phi) is 4.73. The number of methoxy groups -OCH3 is 1. The van der Waals surface area contributed by atoms with E-state index in [1.807, 2.05) is 30.3 Å². The average Bonchev–Trinajstić information content (AvgIpc) is 3.04. The van der Waals surface area contributed by atoms with E-state index in [2.05, 4.69) is 47.6 Å². The number of imidazole rings is 1. The fraction of sp³-hybridized carbons (Fsp3) is 0.217. The number of aryl methyl sites for hydroxylation is 2. The zero-order chi connectivity index (χ0) is 18.8. The molecule has 0 aliphatic heterocycles. The monoisotopic (exact) mass is 357 g/mol. The second-order valence-corrected chi connectivity index (χ2v) is 6.88. The molecule has 3 aromatic heterocycles. The maximum absolute atomic E-state index is 5.88. The van der Waals surface area contributed by atoms with E-state index in [4.69, 9.17) is 9.72 Å². The highest BCUT2D eigenvalue weighted by atomic mass is 16.5. The van der Waals surface area contributed by atoms with Crippen LogP contribution in [0.25, 0.3) is 5.65 Å². The maximum Gasteiger partial charge on any atom is 0.137 e. The Morgan fingerprint density at radius 2 is 1.85 bits per heavy atom. The van der Waals surface area contributed by atoms with Crippen LogP contribution in [0.4, 0.5) is 0 Å². The highest BCUT2D eigenvalue weighted by Gasteiger charge is 2.23. The summed E-state index contributed by atoms with van der Waals surface area (Å²) in [6.45, 7) is 4.29. The van der Waals surface area contributed by atoms with Crippen molar-refractivity contribution in [3.63, 3.8) is 0 Å². The van der Waals surface area contributed by atoms with E-state index in [9.17, 15) is 0 Å². The van der Waals surface area contributed by atoms with Crippen LogP contribution >= 0.6 is 0 Å². The van der Waals surface area contributed by atoms with Crippen molar-refractivity contribution in [2.75, 3.05) is 7.11 Å². The summed E-state index contributed by atoms with van der Waals surface area (Å²) in [5.74, 6) is 0. The fourth-order valence-corrected chi connectivity index (χ4v) is 3.57. The van der Waals surface area contributed by atoms with Crippen molar-refractivity contribution in [3.05, 3.63) is 101 Å². The topological polar surface area (TPSA) is 39.4 Å². The van der Waals surface area contributed by atoms with Crippen LogP contribution < -0.4 is 0 Å². The van der Waals surface area contributed by atoms with Crippen molar-refractivity contribution < 1.29 is 4.74 Å². The number of hydrogen-bond acceptors (Lipinski definition) is 3. The van der Waals surface area contributed by atoms with Crippen LogP contribution in [0, 0.1) is 13.8 Å². The zero-order valence-electron chi connectivity index (χ0n) is 15.9. The molecule has 0 aliphatic rings. The third-order valence-electron chi connectivity index (χ3n) is 5.02. The van der Waals surface area contributed by atoms with Gasteiger partial charge in [0.1, 0.15) is 11.8 Å². The molecule has 0 spiro atoms. The van der Waals surface area contributed by atoms with Gasteiger partial charge in [0.05, 0.1) is 11.4 Å². The first-order valence-corrected chi connectivity index (χ1v) is 9.12. The van der Waals surface area contributed by atoms with Gasteiger partial charge in [-0.05, 0) is 54.8 Å². The van der Waals surface area contributed by atoms with E-state index in [0.717, 1.165) is 29.0 Å². The SMILES string of the molecule is COC(c1ccncc1)c1nc2ccccn2c1Cc1cc(C)ccc1C. The van der Waals surface area contributed by atoms with Crippen LogP contribution in [0.2, 0.25) is 0 Å². The number of benzene rings is 1. The minimum atomic E-state index is -0.229. The smallest absolute Gasteiger partial charge is 0.137 e. The number of hydrogen-bond donors (Lipinski definition) is 0. The number of nitrogens with zero attached hydrogens (tertiary/aromatic N) is 3. The lowest BCUT2D eigenvalue weighted by Crippen LogP contribution is -2.09. The van der Waals surface area contributed by atoms with Gasteiger partial charge < -0.3 is 9.14 Å². The lowest BCUT2D eigenvalue weighted by atomic mass is 9.98. The molecule has 0 amide bonds.